The van der Waals surface area contributed by atoms with Crippen LogP contribution in [0.3, 0.4) is 0 Å². The molecule has 0 bridgehead atoms. The number of furan rings is 3. The van der Waals surface area contributed by atoms with E-state index in [1.165, 1.54) is 18.6 Å². The Morgan fingerprint density at radius 2 is 0.649 bits per heavy atom. The summed E-state index contributed by atoms with van der Waals surface area (Å²) in [6, 6.07) is 24.4. The van der Waals surface area contributed by atoms with E-state index in [1.54, 1.807) is 36.4 Å². The molecule has 111 heavy (non-hydrogen) atoms. The zero-order valence-electron chi connectivity index (χ0n) is 57.7. The number of aromatic nitrogens is 6. The van der Waals surface area contributed by atoms with Crippen molar-refractivity contribution in [1.82, 2.24) is 36.1 Å². The smallest absolute Gasteiger partial charge is 0.756 e. The fourth-order valence-corrected chi connectivity index (χ4v) is 12.5. The van der Waals surface area contributed by atoms with Gasteiger partial charge in [-0.05, 0) is 130 Å². The molecule has 12 aromatic rings. The van der Waals surface area contributed by atoms with Crippen molar-refractivity contribution in [3.8, 4) is 33.8 Å². The Balaban J connectivity index is 0.000000175. The van der Waals surface area contributed by atoms with Gasteiger partial charge < -0.3 is 48.8 Å². The number of fused-ring (bicyclic) bond motifs is 3. The van der Waals surface area contributed by atoms with Crippen LogP contribution in [0.5, 0.6) is 0 Å². The van der Waals surface area contributed by atoms with E-state index in [1.807, 2.05) is 18.2 Å². The first-order chi connectivity index (χ1) is 51.3. The Kier molecular flexibility index (Phi) is 28.4. The van der Waals surface area contributed by atoms with Gasteiger partial charge in [-0.1, -0.05) is 53.0 Å². The van der Waals surface area contributed by atoms with Crippen molar-refractivity contribution in [3.05, 3.63) is 230 Å². The van der Waals surface area contributed by atoms with E-state index >= 15 is 0 Å². The van der Waals surface area contributed by atoms with Crippen LogP contribution in [0.4, 0.5) is 43.8 Å². The molecule has 7 N–H and O–H groups in total. The second-order valence-electron chi connectivity index (χ2n) is 24.3. The average molecular weight is 1700 g/mol. The van der Waals surface area contributed by atoms with Crippen molar-refractivity contribution in [1.29, 1.82) is 0 Å². The third-order valence-electron chi connectivity index (χ3n) is 16.7. The molecule has 6 heterocycles. The summed E-state index contributed by atoms with van der Waals surface area (Å²) in [5.41, 5.74) is 1.22. The molecule has 3 saturated carbocycles. The van der Waals surface area contributed by atoms with Gasteiger partial charge in [0.05, 0.1) is 69.3 Å². The first-order valence-corrected chi connectivity index (χ1v) is 37.4. The van der Waals surface area contributed by atoms with Gasteiger partial charge >= 0.3 is 103 Å². The number of quaternary nitrogens is 1. The van der Waals surface area contributed by atoms with Gasteiger partial charge in [0.1, 0.15) is 106 Å². The van der Waals surface area contributed by atoms with E-state index in [4.69, 9.17) is 62.7 Å². The van der Waals surface area contributed by atoms with Crippen molar-refractivity contribution in [2.45, 2.75) is 56.3 Å². The molecule has 42 heteroatoms. The number of nitrogens with zero attached hydrogens (tertiary/aromatic N) is 9. The second-order valence-corrected chi connectivity index (χ2v) is 29.1. The average Bonchev–Trinajstić information content (AvgIpc) is 1.62. The topological polar surface area (TPSA) is 423 Å². The van der Waals surface area contributed by atoms with Crippen LogP contribution in [0.2, 0.25) is 15.1 Å². The molecule has 3 aliphatic carbocycles. The van der Waals surface area contributed by atoms with Crippen molar-refractivity contribution >= 4 is 126 Å². The standard InChI is InChI=1S/3C23H17ClF2N3O6P.2K.H3N/c3*24-15-6-13-7-19(12-4-5-12)35-20(13)8-14(15)18-9-28-21(10-27-18)29(11-34-36(31,32)33)23(30)22-16(25)2-1-3-17(22)26;;;/h3*1-3,6-10,12H,4-5,11H2,(H2,31,32,33);;;1H3/q;;;2*+1;/p-2. The Morgan fingerprint density at radius 1 is 0.414 bits per heavy atom. The van der Waals surface area contributed by atoms with Crippen LogP contribution in [0.15, 0.2) is 160 Å². The summed E-state index contributed by atoms with van der Waals surface area (Å²) in [6.45, 7) is -3.33. The van der Waals surface area contributed by atoms with Gasteiger partial charge in [-0.3, -0.25) is 71.3 Å². The summed E-state index contributed by atoms with van der Waals surface area (Å²) in [6.07, 6.45) is 13.3. The number of carbonyl (C=O) groups is 3. The van der Waals surface area contributed by atoms with Crippen molar-refractivity contribution in [2.75, 3.05) is 34.9 Å². The Labute approximate surface area is 723 Å². The van der Waals surface area contributed by atoms with E-state index in [0.29, 0.717) is 81.0 Å². The molecule has 566 valence electrons. The molecule has 3 amide bonds. The van der Waals surface area contributed by atoms with E-state index < -0.39 is 113 Å². The minimum Gasteiger partial charge on any atom is -0.756 e. The third kappa shape index (κ3) is 21.2. The number of phosphoric ester groups is 3. The Morgan fingerprint density at radius 3 is 0.847 bits per heavy atom. The molecule has 3 unspecified atom stereocenters. The van der Waals surface area contributed by atoms with Crippen LogP contribution >= 0.6 is 58.3 Å². The zero-order chi connectivity index (χ0) is 76.8. The molecule has 28 nitrogen and oxygen atoms in total. The Bertz CT molecular complexity index is 5060. The van der Waals surface area contributed by atoms with Crippen LogP contribution in [0.1, 0.15) is 105 Å². The molecule has 0 spiro atoms. The number of hydrogen-bond donors (Lipinski definition) is 4. The molecule has 0 radical (unpaired) electrons. The summed E-state index contributed by atoms with van der Waals surface area (Å²) in [7, 11) is -15.9. The van der Waals surface area contributed by atoms with E-state index in [0.717, 1.165) is 145 Å². The fourth-order valence-electron chi connectivity index (χ4n) is 10.9. The molecule has 6 aromatic heterocycles. The number of phosphoric acid groups is 3. The molecule has 3 fully saturated rings. The minimum absolute atomic E-state index is 0. The fraction of sp³-hybridized carbons (Fsp3) is 0.174. The summed E-state index contributed by atoms with van der Waals surface area (Å²) in [5, 5.41) is 3.60. The van der Waals surface area contributed by atoms with Gasteiger partial charge in [0.15, 0.2) is 17.5 Å². The largest absolute Gasteiger partial charge is 1.00 e. The van der Waals surface area contributed by atoms with Crippen molar-refractivity contribution < 1.29 is 213 Å². The quantitative estimate of drug-likeness (QED) is 0.0226. The zero-order valence-corrected chi connectivity index (χ0v) is 68.9. The molecule has 0 aliphatic heterocycles. The summed E-state index contributed by atoms with van der Waals surface area (Å²) in [4.78, 5) is 125. The summed E-state index contributed by atoms with van der Waals surface area (Å²) < 4.78 is 149. The van der Waals surface area contributed by atoms with Crippen LogP contribution in [-0.4, -0.2) is 82.5 Å². The molecule has 3 aliphatic rings. The molecule has 15 rings (SSSR count). The number of hydrogen-bond acceptors (Lipinski definition) is 21. The third-order valence-corrected chi connectivity index (χ3v) is 19.0. The van der Waals surface area contributed by atoms with E-state index in [-0.39, 0.29) is 143 Å². The Hall–Kier alpha value is -6.40. The van der Waals surface area contributed by atoms with Gasteiger partial charge in [-0.2, -0.15) is 0 Å². The van der Waals surface area contributed by atoms with Gasteiger partial charge in [0.2, 0.25) is 0 Å². The molecular formula is C69H52Cl3F6K2N10O18P3. The van der Waals surface area contributed by atoms with Crippen molar-refractivity contribution in [2.24, 2.45) is 0 Å². The molecule has 0 saturated heterocycles. The monoisotopic (exact) mass is 1700 g/mol. The number of amides is 3. The predicted octanol–water partition coefficient (Wildman–Crippen LogP) is 8.73. The van der Waals surface area contributed by atoms with Crippen LogP contribution in [-0.2, 0) is 27.3 Å². The van der Waals surface area contributed by atoms with Crippen LogP contribution in [0, 0.1) is 34.9 Å². The first-order valence-electron chi connectivity index (χ1n) is 31.8. The number of anilines is 3. The number of carbonyl (C=O) groups excluding carboxylic acids is 3. The van der Waals surface area contributed by atoms with Gasteiger partial charge in [0, 0.05) is 50.6 Å². The van der Waals surface area contributed by atoms with Gasteiger partial charge in [-0.15, -0.1) is 0 Å². The van der Waals surface area contributed by atoms with Gasteiger partial charge in [0.25, 0.3) is 41.2 Å². The first kappa shape index (κ1) is 87.0. The SMILES string of the molecule is O=C(c1c(F)cccc1F)N(COP(=O)([O-])O)c1cnc(-c2cc3oc(C4CC4)cc3cc2Cl)cn1.O=C(c1c(F)cccc1F)N(COP(=O)([O-])O)c1cnc(-c2cc3oc(C4CC4)cc3cc2Cl)cn1.O=C(c1c(F)cccc1F)N(COP(=O)([O-])O)c1cnc(-c2cc3oc(C4CC4)cc3cc2Cl)cn1.[K+].[K+].[NH4+]. The normalized spacial score (nSPS) is 14.7. The van der Waals surface area contributed by atoms with Crippen LogP contribution in [0.25, 0.3) is 66.7 Å². The van der Waals surface area contributed by atoms with E-state index in [9.17, 15) is 69.1 Å². The number of rotatable bonds is 21. The van der Waals surface area contributed by atoms with E-state index in [2.05, 4.69) is 43.5 Å². The van der Waals surface area contributed by atoms with Crippen LogP contribution < -0.4 is 138 Å². The molecule has 3 atom stereocenters. The molecule has 6 aromatic carbocycles. The number of halogens is 9. The van der Waals surface area contributed by atoms with Gasteiger partial charge in [-0.25, -0.2) is 41.3 Å². The summed E-state index contributed by atoms with van der Waals surface area (Å²) >= 11 is 19.3. The predicted molar refractivity (Wildman–Crippen MR) is 375 cm³/mol. The molecular weight excluding hydrogens is 1650 g/mol. The maximum Gasteiger partial charge on any atom is 1.00 e. The van der Waals surface area contributed by atoms with Crippen molar-refractivity contribution in [3.63, 3.8) is 0 Å². The summed E-state index contributed by atoms with van der Waals surface area (Å²) in [5.74, 6) is -8.05. The number of benzene rings is 6. The second kappa shape index (κ2) is 36.2. The maximum atomic E-state index is 14.2. The minimum atomic E-state index is -5.29. The maximum absolute atomic E-state index is 14.2.